The van der Waals surface area contributed by atoms with E-state index in [0.29, 0.717) is 22.1 Å². The van der Waals surface area contributed by atoms with Gasteiger partial charge in [0.2, 0.25) is 0 Å². The molecule has 2 aromatic carbocycles. The normalized spacial score (nSPS) is 9.71. The van der Waals surface area contributed by atoms with E-state index in [0.717, 1.165) is 4.35 Å². The molecule has 84 valence electrons. The van der Waals surface area contributed by atoms with E-state index in [1.54, 1.807) is 24.3 Å². The topological polar surface area (TPSA) is 33.0 Å². The molecule has 0 N–H and O–H groups in total. The first kappa shape index (κ1) is 12.0. The summed E-state index contributed by atoms with van der Waals surface area (Å²) in [6, 6.07) is 14.7. The second kappa shape index (κ2) is 5.27. The molecule has 0 bridgehead atoms. The number of hydrogen-bond donors (Lipinski definition) is 0. The van der Waals surface area contributed by atoms with Gasteiger partial charge in [0.1, 0.15) is 0 Å². The van der Waals surface area contributed by atoms with E-state index in [-0.39, 0.29) is 0 Å². The third-order valence-corrected chi connectivity index (χ3v) is 3.20. The molecule has 0 radical (unpaired) electrons. The van der Waals surface area contributed by atoms with E-state index in [2.05, 4.69) is 6.07 Å². The Hall–Kier alpha value is -1.42. The van der Waals surface area contributed by atoms with Crippen LogP contribution in [-0.2, 0) is 0 Å². The molecule has 2 nitrogen and oxygen atoms in total. The van der Waals surface area contributed by atoms with Gasteiger partial charge in [-0.3, -0.25) is 0 Å². The van der Waals surface area contributed by atoms with Crippen molar-refractivity contribution in [2.24, 2.45) is 0 Å². The van der Waals surface area contributed by atoms with Crippen molar-refractivity contribution in [2.45, 2.75) is 0 Å². The van der Waals surface area contributed by atoms with Crippen LogP contribution in [0.15, 0.2) is 42.5 Å². The number of halogens is 1. The van der Waals surface area contributed by atoms with Crippen LogP contribution in [-0.4, -0.2) is 16.9 Å². The summed E-state index contributed by atoms with van der Waals surface area (Å²) in [5.74, 6) is 1.21. The monoisotopic (exact) mass is 305 g/mol. The number of hydrogen-bond acceptors (Lipinski definition) is 2. The molecule has 2 aromatic rings. The molecule has 2 rings (SSSR count). The van der Waals surface area contributed by atoms with E-state index in [1.807, 2.05) is 18.2 Å². The molecule has 0 aromatic heterocycles. The van der Waals surface area contributed by atoms with E-state index in [1.165, 1.54) is 16.9 Å². The van der Waals surface area contributed by atoms with Gasteiger partial charge in [-0.15, -0.1) is 0 Å². The Labute approximate surface area is 113 Å². The van der Waals surface area contributed by atoms with Crippen LogP contribution in [0.4, 0.5) is 0 Å². The van der Waals surface area contributed by atoms with Gasteiger partial charge in [0.05, 0.1) is 0 Å². The molecular weight excluding hydrogens is 297 g/mol. The zero-order valence-corrected chi connectivity index (χ0v) is 12.0. The SMILES string of the molecule is N#Cc1cccc(Oc2ccc([AsH2])cc2Cl)c1. The fourth-order valence-corrected chi connectivity index (χ4v) is 2.36. The summed E-state index contributed by atoms with van der Waals surface area (Å²) in [4.78, 5) is 0. The summed E-state index contributed by atoms with van der Waals surface area (Å²) in [5, 5.41) is 9.37. The molecule has 1 unspecified atom stereocenters. The first-order chi connectivity index (χ1) is 8.19. The standard InChI is InChI=1S/C13H9AsClNO/c14-10-4-5-13(12(15)7-10)17-11-3-1-2-9(6-11)8-16/h1-7H,14H2. The minimum absolute atomic E-state index is 0.564. The molecule has 0 aliphatic heterocycles. The Kier molecular flexibility index (Phi) is 3.74. The van der Waals surface area contributed by atoms with Crippen molar-refractivity contribution in [1.82, 2.24) is 0 Å². The van der Waals surface area contributed by atoms with Crippen molar-refractivity contribution in [3.05, 3.63) is 53.1 Å². The molecule has 0 spiro atoms. The number of nitriles is 1. The molecule has 17 heavy (non-hydrogen) atoms. The van der Waals surface area contributed by atoms with Gasteiger partial charge in [-0.05, 0) is 0 Å². The van der Waals surface area contributed by atoms with Crippen LogP contribution in [0.2, 0.25) is 5.02 Å². The summed E-state index contributed by atoms with van der Waals surface area (Å²) in [6.45, 7) is 0. The second-order valence-electron chi connectivity index (χ2n) is 3.43. The number of nitrogens with zero attached hydrogens (tertiary/aromatic N) is 1. The van der Waals surface area contributed by atoms with Crippen molar-refractivity contribution in [2.75, 3.05) is 0 Å². The van der Waals surface area contributed by atoms with Gasteiger partial charge < -0.3 is 0 Å². The molecule has 0 saturated carbocycles. The Morgan fingerprint density at radius 3 is 2.71 bits per heavy atom. The average Bonchev–Trinajstić information content (AvgIpc) is 2.33. The van der Waals surface area contributed by atoms with E-state index in [9.17, 15) is 0 Å². The quantitative estimate of drug-likeness (QED) is 0.797. The van der Waals surface area contributed by atoms with Crippen LogP contribution in [0, 0.1) is 11.3 Å². The molecule has 0 saturated heterocycles. The molecule has 1 atom stereocenters. The predicted molar refractivity (Wildman–Crippen MR) is 70.9 cm³/mol. The van der Waals surface area contributed by atoms with Crippen LogP contribution in [0.3, 0.4) is 0 Å². The number of benzene rings is 2. The number of ether oxygens (including phenoxy) is 1. The van der Waals surface area contributed by atoms with E-state index < -0.39 is 0 Å². The van der Waals surface area contributed by atoms with Gasteiger partial charge in [0.15, 0.2) is 0 Å². The zero-order chi connectivity index (χ0) is 12.3. The minimum atomic E-state index is 0.564. The Morgan fingerprint density at radius 2 is 2.00 bits per heavy atom. The maximum atomic E-state index is 8.79. The van der Waals surface area contributed by atoms with Crippen molar-refractivity contribution < 1.29 is 4.74 Å². The molecular formula is C13H9AsClNO. The summed E-state index contributed by atoms with van der Waals surface area (Å²) < 4.78 is 6.77. The van der Waals surface area contributed by atoms with Gasteiger partial charge in [-0.25, -0.2) is 0 Å². The first-order valence-corrected chi connectivity index (χ1v) is 6.51. The fraction of sp³-hybridized carbons (Fsp3) is 0. The second-order valence-corrected chi connectivity index (χ2v) is 5.24. The van der Waals surface area contributed by atoms with Crippen molar-refractivity contribution in [3.63, 3.8) is 0 Å². The van der Waals surface area contributed by atoms with E-state index in [4.69, 9.17) is 21.6 Å². The molecule has 0 amide bonds. The average molecular weight is 306 g/mol. The summed E-state index contributed by atoms with van der Waals surface area (Å²) in [5.41, 5.74) is 0.564. The van der Waals surface area contributed by atoms with Crippen LogP contribution in [0.5, 0.6) is 11.5 Å². The Balaban J connectivity index is 2.28. The van der Waals surface area contributed by atoms with Crippen LogP contribution in [0.25, 0.3) is 0 Å². The van der Waals surface area contributed by atoms with Crippen LogP contribution >= 0.6 is 11.6 Å². The zero-order valence-electron chi connectivity index (χ0n) is 8.85. The van der Waals surface area contributed by atoms with Gasteiger partial charge in [-0.2, -0.15) is 0 Å². The first-order valence-electron chi connectivity index (χ1n) is 4.92. The molecule has 4 heteroatoms. The fourth-order valence-electron chi connectivity index (χ4n) is 1.36. The van der Waals surface area contributed by atoms with Gasteiger partial charge in [0.25, 0.3) is 0 Å². The molecule has 0 fully saturated rings. The Morgan fingerprint density at radius 1 is 1.18 bits per heavy atom. The number of rotatable bonds is 2. The van der Waals surface area contributed by atoms with Crippen molar-refractivity contribution in [3.8, 4) is 17.6 Å². The van der Waals surface area contributed by atoms with E-state index >= 15 is 0 Å². The summed E-state index contributed by atoms with van der Waals surface area (Å²) >= 11 is 7.58. The van der Waals surface area contributed by atoms with Gasteiger partial charge in [0, 0.05) is 0 Å². The third-order valence-electron chi connectivity index (χ3n) is 2.15. The predicted octanol–water partition coefficient (Wildman–Crippen LogP) is 2.26. The maximum absolute atomic E-state index is 8.79. The van der Waals surface area contributed by atoms with Crippen molar-refractivity contribution in [1.29, 1.82) is 5.26 Å². The molecule has 0 aliphatic carbocycles. The molecule has 0 heterocycles. The van der Waals surface area contributed by atoms with Crippen molar-refractivity contribution >= 4 is 32.8 Å². The van der Waals surface area contributed by atoms with Gasteiger partial charge in [-0.1, -0.05) is 0 Å². The molecule has 0 aliphatic rings. The van der Waals surface area contributed by atoms with Gasteiger partial charge >= 0.3 is 113 Å². The Bertz CT molecular complexity index is 592. The van der Waals surface area contributed by atoms with Crippen LogP contribution < -0.4 is 9.09 Å². The third kappa shape index (κ3) is 3.03. The van der Waals surface area contributed by atoms with Crippen LogP contribution in [0.1, 0.15) is 5.56 Å². The summed E-state index contributed by atoms with van der Waals surface area (Å²) in [7, 11) is 0. The summed E-state index contributed by atoms with van der Waals surface area (Å²) in [6.07, 6.45) is 0.